The highest BCUT2D eigenvalue weighted by molar-refractivity contribution is 6.04. The molecule has 4 aromatic rings. The van der Waals surface area contributed by atoms with Crippen LogP contribution in [0, 0.1) is 0 Å². The number of para-hydroxylation sites is 2. The minimum atomic E-state index is -0.321. The fourth-order valence-electron chi connectivity index (χ4n) is 5.15. The first kappa shape index (κ1) is 20.5. The Morgan fingerprint density at radius 3 is 2.85 bits per heavy atom. The first-order valence-electron chi connectivity index (χ1n) is 11.5. The summed E-state index contributed by atoms with van der Waals surface area (Å²) in [4.78, 5) is 45.9. The minimum Gasteiger partial charge on any atom is -0.356 e. The molecule has 0 radical (unpaired) electrons. The Balaban J connectivity index is 1.34. The summed E-state index contributed by atoms with van der Waals surface area (Å²) >= 11 is 0. The average Bonchev–Trinajstić information content (AvgIpc) is 3.42. The second-order valence-electron chi connectivity index (χ2n) is 8.84. The first-order valence-corrected chi connectivity index (χ1v) is 11.5. The van der Waals surface area contributed by atoms with E-state index >= 15 is 0 Å². The highest BCUT2D eigenvalue weighted by Gasteiger charge is 2.41. The van der Waals surface area contributed by atoms with Gasteiger partial charge in [0.15, 0.2) is 0 Å². The molecule has 2 N–H and O–H groups in total. The largest absolute Gasteiger partial charge is 0.356 e. The molecule has 2 unspecified atom stereocenters. The number of nitrogens with zero attached hydrogens (tertiary/aromatic N) is 4. The van der Waals surface area contributed by atoms with Crippen LogP contribution in [0.25, 0.3) is 16.7 Å². The predicted molar refractivity (Wildman–Crippen MR) is 129 cm³/mol. The molecule has 9 heteroatoms. The molecule has 0 bridgehead atoms. The lowest BCUT2D eigenvalue weighted by Gasteiger charge is -2.32. The van der Waals surface area contributed by atoms with Crippen molar-refractivity contribution in [1.82, 2.24) is 19.3 Å². The summed E-state index contributed by atoms with van der Waals surface area (Å²) in [5.41, 5.74) is 3.02. The number of anilines is 2. The molecular weight excluding hydrogens is 432 g/mol. The van der Waals surface area contributed by atoms with E-state index in [2.05, 4.69) is 20.5 Å². The summed E-state index contributed by atoms with van der Waals surface area (Å²) in [7, 11) is 0. The smallest absolute Gasteiger partial charge is 0.268 e. The standard InChI is InChI=1S/C25H24N6O3/c1-2-10-29-20(13-16-22(29)28-21-9-5-6-11-30(21)25(16)34)23(32)26-15-12-19-24(33)27-17-7-3-4-8-18(17)31(19)14-15/h3-9,11,13,15,19H,2,10,12,14H2,1H3,(H,26,32)(H,27,33). The van der Waals surface area contributed by atoms with Crippen LogP contribution in [0.2, 0.25) is 0 Å². The Hall–Kier alpha value is -4.14. The molecule has 6 rings (SSSR count). The average molecular weight is 457 g/mol. The minimum absolute atomic E-state index is 0.0561. The van der Waals surface area contributed by atoms with E-state index in [1.54, 1.807) is 24.4 Å². The van der Waals surface area contributed by atoms with Crippen LogP contribution in [0.3, 0.4) is 0 Å². The molecule has 0 spiro atoms. The number of hydrogen-bond donors (Lipinski definition) is 2. The van der Waals surface area contributed by atoms with E-state index in [-0.39, 0.29) is 29.5 Å². The number of aromatic nitrogens is 3. The maximum Gasteiger partial charge on any atom is 0.268 e. The van der Waals surface area contributed by atoms with E-state index < -0.39 is 0 Å². The maximum absolute atomic E-state index is 13.4. The first-order chi connectivity index (χ1) is 16.5. The van der Waals surface area contributed by atoms with Crippen molar-refractivity contribution in [1.29, 1.82) is 0 Å². The van der Waals surface area contributed by atoms with Crippen LogP contribution in [0.4, 0.5) is 11.4 Å². The zero-order valence-corrected chi connectivity index (χ0v) is 18.7. The number of carbonyl (C=O) groups excluding carboxylic acids is 2. The summed E-state index contributed by atoms with van der Waals surface area (Å²) in [6.45, 7) is 3.13. The van der Waals surface area contributed by atoms with Gasteiger partial charge in [0.25, 0.3) is 11.5 Å². The van der Waals surface area contributed by atoms with Crippen LogP contribution in [0.1, 0.15) is 30.3 Å². The van der Waals surface area contributed by atoms with Gasteiger partial charge in [-0.3, -0.25) is 18.8 Å². The molecule has 2 amide bonds. The molecule has 172 valence electrons. The fourth-order valence-corrected chi connectivity index (χ4v) is 5.15. The Morgan fingerprint density at radius 1 is 1.18 bits per heavy atom. The van der Waals surface area contributed by atoms with Crippen LogP contribution >= 0.6 is 0 Å². The van der Waals surface area contributed by atoms with Crippen molar-refractivity contribution in [2.24, 2.45) is 0 Å². The van der Waals surface area contributed by atoms with Crippen molar-refractivity contribution in [3.8, 4) is 0 Å². The van der Waals surface area contributed by atoms with E-state index in [1.165, 1.54) is 4.40 Å². The second-order valence-corrected chi connectivity index (χ2v) is 8.84. The molecule has 9 nitrogen and oxygen atoms in total. The number of carbonyl (C=O) groups is 2. The van der Waals surface area contributed by atoms with Gasteiger partial charge in [-0.25, -0.2) is 4.98 Å². The van der Waals surface area contributed by atoms with E-state index in [0.717, 1.165) is 17.8 Å². The van der Waals surface area contributed by atoms with Crippen molar-refractivity contribution in [3.05, 3.63) is 70.8 Å². The molecule has 2 aliphatic heterocycles. The summed E-state index contributed by atoms with van der Waals surface area (Å²) < 4.78 is 3.31. The molecule has 3 aromatic heterocycles. The number of benzene rings is 1. The van der Waals surface area contributed by atoms with Gasteiger partial charge < -0.3 is 20.1 Å². The fraction of sp³-hybridized carbons (Fsp3) is 0.280. The van der Waals surface area contributed by atoms with Crippen LogP contribution in [0.5, 0.6) is 0 Å². The van der Waals surface area contributed by atoms with Gasteiger partial charge in [-0.1, -0.05) is 25.1 Å². The van der Waals surface area contributed by atoms with Gasteiger partial charge in [-0.15, -0.1) is 0 Å². The molecular formula is C25H24N6O3. The summed E-state index contributed by atoms with van der Waals surface area (Å²) in [6, 6.07) is 14.2. The van der Waals surface area contributed by atoms with E-state index in [9.17, 15) is 14.4 Å². The number of aryl methyl sites for hydroxylation is 1. The Morgan fingerprint density at radius 2 is 2.00 bits per heavy atom. The number of amides is 2. The molecule has 1 fully saturated rings. The third-order valence-corrected chi connectivity index (χ3v) is 6.67. The van der Waals surface area contributed by atoms with Crippen molar-refractivity contribution in [3.63, 3.8) is 0 Å². The van der Waals surface area contributed by atoms with E-state index in [4.69, 9.17) is 0 Å². The van der Waals surface area contributed by atoms with E-state index in [0.29, 0.717) is 41.9 Å². The molecule has 34 heavy (non-hydrogen) atoms. The third-order valence-electron chi connectivity index (χ3n) is 6.67. The molecule has 5 heterocycles. The molecule has 0 aliphatic carbocycles. The van der Waals surface area contributed by atoms with Crippen molar-refractivity contribution in [2.45, 2.75) is 38.4 Å². The van der Waals surface area contributed by atoms with E-state index in [1.807, 2.05) is 41.8 Å². The third kappa shape index (κ3) is 3.07. The Labute approximate surface area is 195 Å². The highest BCUT2D eigenvalue weighted by atomic mass is 16.2. The molecule has 0 saturated carbocycles. The lowest BCUT2D eigenvalue weighted by Crippen LogP contribution is -2.44. The predicted octanol–water partition coefficient (Wildman–Crippen LogP) is 2.39. The lowest BCUT2D eigenvalue weighted by atomic mass is 10.1. The molecule has 2 aliphatic rings. The highest BCUT2D eigenvalue weighted by Crippen LogP contribution is 2.36. The summed E-state index contributed by atoms with van der Waals surface area (Å²) in [5.74, 6) is -0.321. The van der Waals surface area contributed by atoms with Crippen LogP contribution in [-0.4, -0.2) is 44.4 Å². The Kier molecular flexibility index (Phi) is 4.65. The lowest BCUT2D eigenvalue weighted by molar-refractivity contribution is -0.117. The zero-order valence-electron chi connectivity index (χ0n) is 18.7. The van der Waals surface area contributed by atoms with Crippen molar-refractivity contribution >= 4 is 39.9 Å². The molecule has 1 aromatic carbocycles. The number of hydrogen-bond acceptors (Lipinski definition) is 5. The number of fused-ring (bicyclic) bond motifs is 5. The van der Waals surface area contributed by atoms with Crippen molar-refractivity contribution in [2.75, 3.05) is 16.8 Å². The zero-order chi connectivity index (χ0) is 23.4. The number of nitrogens with one attached hydrogen (secondary N) is 2. The van der Waals surface area contributed by atoms with Gasteiger partial charge >= 0.3 is 0 Å². The van der Waals surface area contributed by atoms with Crippen LogP contribution in [0.15, 0.2) is 59.5 Å². The van der Waals surface area contributed by atoms with Gasteiger partial charge in [-0.05, 0) is 43.2 Å². The topological polar surface area (TPSA) is 101 Å². The maximum atomic E-state index is 13.4. The van der Waals surface area contributed by atoms with Crippen LogP contribution < -0.4 is 21.1 Å². The summed E-state index contributed by atoms with van der Waals surface area (Å²) in [5, 5.41) is 6.48. The van der Waals surface area contributed by atoms with Crippen LogP contribution in [-0.2, 0) is 11.3 Å². The number of rotatable bonds is 4. The van der Waals surface area contributed by atoms with Gasteiger partial charge in [0.05, 0.1) is 16.8 Å². The van der Waals surface area contributed by atoms with Crippen molar-refractivity contribution < 1.29 is 9.59 Å². The van der Waals surface area contributed by atoms with Gasteiger partial charge in [0.2, 0.25) is 5.91 Å². The quantitative estimate of drug-likeness (QED) is 0.491. The number of pyridine rings is 1. The van der Waals surface area contributed by atoms with Gasteiger partial charge in [0.1, 0.15) is 23.0 Å². The Bertz CT molecular complexity index is 1520. The monoisotopic (exact) mass is 456 g/mol. The molecule has 2 atom stereocenters. The molecule has 1 saturated heterocycles. The van der Waals surface area contributed by atoms with Gasteiger partial charge in [-0.2, -0.15) is 0 Å². The normalized spacial score (nSPS) is 19.2. The van der Waals surface area contributed by atoms with Gasteiger partial charge in [0, 0.05) is 25.3 Å². The SMILES string of the molecule is CCCn1c(C(=O)NC2CC3C(=O)Nc4ccccc4N3C2)cc2c(=O)n3ccccc3nc21. The summed E-state index contributed by atoms with van der Waals surface area (Å²) in [6.07, 6.45) is 2.99. The second kappa shape index (κ2) is 7.72.